The van der Waals surface area contributed by atoms with Crippen LogP contribution < -0.4 is 5.32 Å². The van der Waals surface area contributed by atoms with E-state index in [-0.39, 0.29) is 0 Å². The molecule has 0 bridgehead atoms. The average Bonchev–Trinajstić information content (AvgIpc) is 2.44. The van der Waals surface area contributed by atoms with Gasteiger partial charge in [0, 0.05) is 12.6 Å². The zero-order chi connectivity index (χ0) is 12.0. The Hall–Kier alpha value is -0.0800. The highest BCUT2D eigenvalue weighted by molar-refractivity contribution is 4.83. The Balaban J connectivity index is 2.46. The highest BCUT2D eigenvalue weighted by atomic mass is 15.2. The fraction of sp³-hybridized carbons (Fsp3) is 1.00. The first-order chi connectivity index (χ1) is 7.54. The topological polar surface area (TPSA) is 15.3 Å². The van der Waals surface area contributed by atoms with Crippen molar-refractivity contribution < 1.29 is 0 Å². The Morgan fingerprint density at radius 2 is 1.62 bits per heavy atom. The molecule has 0 radical (unpaired) electrons. The third-order valence-corrected chi connectivity index (χ3v) is 3.64. The molecule has 1 unspecified atom stereocenters. The highest BCUT2D eigenvalue weighted by Gasteiger charge is 2.25. The molecule has 0 spiro atoms. The molecule has 2 heteroatoms. The van der Waals surface area contributed by atoms with Gasteiger partial charge in [-0.25, -0.2) is 0 Å². The maximum atomic E-state index is 3.65. The molecule has 0 aromatic rings. The van der Waals surface area contributed by atoms with Gasteiger partial charge in [0.15, 0.2) is 0 Å². The molecule has 1 N–H and O–H groups in total. The van der Waals surface area contributed by atoms with Gasteiger partial charge in [-0.1, -0.05) is 40.5 Å². The van der Waals surface area contributed by atoms with Crippen molar-refractivity contribution >= 4 is 0 Å². The van der Waals surface area contributed by atoms with Crippen LogP contribution in [0.3, 0.4) is 0 Å². The summed E-state index contributed by atoms with van der Waals surface area (Å²) in [5.74, 6) is 0. The lowest BCUT2D eigenvalue weighted by Crippen LogP contribution is -2.48. The zero-order valence-electron chi connectivity index (χ0n) is 11.7. The van der Waals surface area contributed by atoms with Crippen LogP contribution in [0.15, 0.2) is 0 Å². The summed E-state index contributed by atoms with van der Waals surface area (Å²) in [6.45, 7) is 14.2. The zero-order valence-corrected chi connectivity index (χ0v) is 11.7. The second kappa shape index (κ2) is 6.61. The molecule has 96 valence electrons. The maximum absolute atomic E-state index is 3.65. The van der Waals surface area contributed by atoms with E-state index in [1.807, 2.05) is 0 Å². The van der Waals surface area contributed by atoms with E-state index in [4.69, 9.17) is 0 Å². The lowest BCUT2D eigenvalue weighted by atomic mass is 9.86. The van der Waals surface area contributed by atoms with Crippen molar-refractivity contribution in [1.29, 1.82) is 0 Å². The van der Waals surface area contributed by atoms with Gasteiger partial charge in [0.2, 0.25) is 0 Å². The minimum absolute atomic E-state index is 0.363. The number of nitrogens with zero attached hydrogens (tertiary/aromatic N) is 1. The number of likely N-dealkylation sites (N-methyl/N-ethyl adjacent to an activating group) is 1. The van der Waals surface area contributed by atoms with Crippen LogP contribution in [-0.4, -0.2) is 37.1 Å². The van der Waals surface area contributed by atoms with E-state index >= 15 is 0 Å². The lowest BCUT2D eigenvalue weighted by Gasteiger charge is -2.35. The van der Waals surface area contributed by atoms with Crippen molar-refractivity contribution in [2.75, 3.05) is 26.2 Å². The third kappa shape index (κ3) is 4.84. The van der Waals surface area contributed by atoms with Crippen LogP contribution in [0.2, 0.25) is 0 Å². The van der Waals surface area contributed by atoms with Crippen LogP contribution in [-0.2, 0) is 0 Å². The first-order valence-electron chi connectivity index (χ1n) is 6.99. The highest BCUT2D eigenvalue weighted by Crippen LogP contribution is 2.21. The number of nitrogens with one attached hydrogen (secondary N) is 1. The fourth-order valence-corrected chi connectivity index (χ4v) is 2.47. The third-order valence-electron chi connectivity index (χ3n) is 3.64. The van der Waals surface area contributed by atoms with Gasteiger partial charge in [-0.2, -0.15) is 0 Å². The summed E-state index contributed by atoms with van der Waals surface area (Å²) in [6.07, 6.45) is 5.64. The molecule has 0 aromatic carbocycles. The Kier molecular flexibility index (Phi) is 5.77. The quantitative estimate of drug-likeness (QED) is 0.793. The molecule has 1 aliphatic heterocycles. The van der Waals surface area contributed by atoms with E-state index in [1.54, 1.807) is 0 Å². The molecule has 0 saturated carbocycles. The van der Waals surface area contributed by atoms with E-state index in [1.165, 1.54) is 45.3 Å². The summed E-state index contributed by atoms with van der Waals surface area (Å²) in [5.41, 5.74) is 0.363. The average molecular weight is 226 g/mol. The van der Waals surface area contributed by atoms with E-state index in [0.717, 1.165) is 6.54 Å². The Morgan fingerprint density at radius 3 is 2.06 bits per heavy atom. The summed E-state index contributed by atoms with van der Waals surface area (Å²) in [6, 6.07) is 0.621. The van der Waals surface area contributed by atoms with Crippen LogP contribution in [0, 0.1) is 5.41 Å². The molecule has 1 heterocycles. The smallest absolute Gasteiger partial charge is 0.0243 e. The van der Waals surface area contributed by atoms with Gasteiger partial charge < -0.3 is 10.2 Å². The largest absolute Gasteiger partial charge is 0.312 e. The molecule has 1 rings (SSSR count). The molecule has 2 nitrogen and oxygen atoms in total. The van der Waals surface area contributed by atoms with Crippen molar-refractivity contribution in [2.24, 2.45) is 5.41 Å². The molecular weight excluding hydrogens is 196 g/mol. The SMILES string of the molecule is CCNC(CN1CCCCCC1)C(C)(C)C. The lowest BCUT2D eigenvalue weighted by molar-refractivity contribution is 0.178. The van der Waals surface area contributed by atoms with Crippen molar-refractivity contribution in [3.05, 3.63) is 0 Å². The van der Waals surface area contributed by atoms with Gasteiger partial charge in [-0.3, -0.25) is 0 Å². The first-order valence-corrected chi connectivity index (χ1v) is 6.99. The first kappa shape index (κ1) is 14.0. The van der Waals surface area contributed by atoms with E-state index in [0.29, 0.717) is 11.5 Å². The molecular formula is C14H30N2. The predicted octanol–water partition coefficient (Wildman–Crippen LogP) is 2.89. The van der Waals surface area contributed by atoms with E-state index < -0.39 is 0 Å². The minimum Gasteiger partial charge on any atom is -0.312 e. The van der Waals surface area contributed by atoms with Crippen LogP contribution in [0.5, 0.6) is 0 Å². The molecule has 0 amide bonds. The molecule has 0 aliphatic carbocycles. The van der Waals surface area contributed by atoms with Gasteiger partial charge in [0.05, 0.1) is 0 Å². The monoisotopic (exact) mass is 226 g/mol. The summed E-state index contributed by atoms with van der Waals surface area (Å²) in [5, 5.41) is 3.65. The Morgan fingerprint density at radius 1 is 1.06 bits per heavy atom. The van der Waals surface area contributed by atoms with Crippen molar-refractivity contribution in [1.82, 2.24) is 10.2 Å². The maximum Gasteiger partial charge on any atom is 0.0243 e. The van der Waals surface area contributed by atoms with Crippen LogP contribution >= 0.6 is 0 Å². The second-order valence-electron chi connectivity index (χ2n) is 6.19. The number of rotatable bonds is 4. The van der Waals surface area contributed by atoms with Gasteiger partial charge in [0.1, 0.15) is 0 Å². The molecule has 1 saturated heterocycles. The second-order valence-corrected chi connectivity index (χ2v) is 6.19. The summed E-state index contributed by atoms with van der Waals surface area (Å²) >= 11 is 0. The molecule has 1 atom stereocenters. The van der Waals surface area contributed by atoms with Gasteiger partial charge in [0.25, 0.3) is 0 Å². The summed E-state index contributed by atoms with van der Waals surface area (Å²) < 4.78 is 0. The Labute approximate surface area is 102 Å². The molecule has 0 aromatic heterocycles. The fourth-order valence-electron chi connectivity index (χ4n) is 2.47. The van der Waals surface area contributed by atoms with Gasteiger partial charge >= 0.3 is 0 Å². The van der Waals surface area contributed by atoms with Crippen molar-refractivity contribution in [3.63, 3.8) is 0 Å². The van der Waals surface area contributed by atoms with Crippen molar-refractivity contribution in [3.8, 4) is 0 Å². The predicted molar refractivity (Wildman–Crippen MR) is 71.8 cm³/mol. The molecule has 16 heavy (non-hydrogen) atoms. The molecule has 1 fully saturated rings. The Bertz CT molecular complexity index is 176. The molecule has 1 aliphatic rings. The summed E-state index contributed by atoms with van der Waals surface area (Å²) in [4.78, 5) is 2.66. The van der Waals surface area contributed by atoms with Crippen LogP contribution in [0.25, 0.3) is 0 Å². The van der Waals surface area contributed by atoms with E-state index in [9.17, 15) is 0 Å². The van der Waals surface area contributed by atoms with E-state index in [2.05, 4.69) is 37.9 Å². The van der Waals surface area contributed by atoms with Crippen molar-refractivity contribution in [2.45, 2.75) is 59.4 Å². The van der Waals surface area contributed by atoms with Gasteiger partial charge in [-0.15, -0.1) is 0 Å². The summed E-state index contributed by atoms with van der Waals surface area (Å²) in [7, 11) is 0. The van der Waals surface area contributed by atoms with Gasteiger partial charge in [-0.05, 0) is 37.9 Å². The number of hydrogen-bond donors (Lipinski definition) is 1. The normalized spacial score (nSPS) is 21.8. The standard InChI is InChI=1S/C14H30N2/c1-5-15-13(14(2,3)4)12-16-10-8-6-7-9-11-16/h13,15H,5-12H2,1-4H3. The van der Waals surface area contributed by atoms with Crippen LogP contribution in [0.1, 0.15) is 53.4 Å². The number of likely N-dealkylation sites (tertiary alicyclic amines) is 1. The minimum atomic E-state index is 0.363. The van der Waals surface area contributed by atoms with Crippen LogP contribution in [0.4, 0.5) is 0 Å². The number of hydrogen-bond acceptors (Lipinski definition) is 2.